The smallest absolute Gasteiger partial charge is 0.228 e. The topological polar surface area (TPSA) is 78.8 Å². The van der Waals surface area contributed by atoms with Gasteiger partial charge in [-0.15, -0.1) is 0 Å². The van der Waals surface area contributed by atoms with E-state index in [9.17, 15) is 9.59 Å². The van der Waals surface area contributed by atoms with Gasteiger partial charge in [-0.1, -0.05) is 26.0 Å². The molecule has 7 nitrogen and oxygen atoms in total. The van der Waals surface area contributed by atoms with Crippen molar-refractivity contribution in [1.29, 1.82) is 0 Å². The van der Waals surface area contributed by atoms with Crippen LogP contribution >= 0.6 is 0 Å². The van der Waals surface area contributed by atoms with E-state index in [0.717, 1.165) is 5.52 Å². The van der Waals surface area contributed by atoms with E-state index in [0.29, 0.717) is 39.6 Å². The average Bonchev–Trinajstić information content (AvgIpc) is 2.76. The second kappa shape index (κ2) is 8.49. The van der Waals surface area contributed by atoms with Crippen LogP contribution in [0.15, 0.2) is 41.2 Å². The van der Waals surface area contributed by atoms with Crippen molar-refractivity contribution in [3.8, 4) is 28.4 Å². The van der Waals surface area contributed by atoms with Gasteiger partial charge in [0.1, 0.15) is 5.82 Å². The predicted molar refractivity (Wildman–Crippen MR) is 118 cm³/mol. The summed E-state index contributed by atoms with van der Waals surface area (Å²) in [5.41, 5.74) is 1.43. The number of nitrogens with one attached hydrogen (secondary N) is 1. The number of pyridine rings is 1. The first kappa shape index (κ1) is 21.2. The summed E-state index contributed by atoms with van der Waals surface area (Å²) in [6, 6.07) is 10.7. The molecule has 0 spiro atoms. The predicted octanol–water partition coefficient (Wildman–Crippen LogP) is 3.83. The van der Waals surface area contributed by atoms with Crippen molar-refractivity contribution >= 4 is 22.6 Å². The Bertz CT molecular complexity index is 1140. The number of carbonyl (C=O) groups excluding carboxylic acids is 1. The number of anilines is 1. The zero-order chi connectivity index (χ0) is 22.0. The third kappa shape index (κ3) is 3.58. The normalized spacial score (nSPS) is 10.9. The molecule has 0 saturated heterocycles. The Labute approximate surface area is 175 Å². The van der Waals surface area contributed by atoms with Crippen LogP contribution in [0.5, 0.6) is 17.2 Å². The first-order valence-electron chi connectivity index (χ1n) is 9.57. The van der Waals surface area contributed by atoms with Gasteiger partial charge in [0.2, 0.25) is 11.7 Å². The fourth-order valence-corrected chi connectivity index (χ4v) is 3.39. The largest absolute Gasteiger partial charge is 0.493 e. The van der Waals surface area contributed by atoms with Crippen LogP contribution in [0.25, 0.3) is 22.0 Å². The lowest BCUT2D eigenvalue weighted by atomic mass is 10.0. The van der Waals surface area contributed by atoms with Crippen molar-refractivity contribution < 1.29 is 19.0 Å². The van der Waals surface area contributed by atoms with E-state index in [1.54, 1.807) is 32.0 Å². The van der Waals surface area contributed by atoms with E-state index in [4.69, 9.17) is 14.2 Å². The molecule has 2 aromatic carbocycles. The molecule has 0 saturated carbocycles. The highest BCUT2D eigenvalue weighted by Crippen LogP contribution is 2.42. The highest BCUT2D eigenvalue weighted by molar-refractivity contribution is 5.99. The van der Waals surface area contributed by atoms with E-state index in [1.807, 2.05) is 29.8 Å². The molecule has 0 aliphatic carbocycles. The van der Waals surface area contributed by atoms with E-state index >= 15 is 0 Å². The summed E-state index contributed by atoms with van der Waals surface area (Å²) in [5.74, 6) is 1.24. The molecule has 1 aromatic heterocycles. The highest BCUT2D eigenvalue weighted by Gasteiger charge is 2.23. The lowest BCUT2D eigenvalue weighted by Crippen LogP contribution is -2.24. The molecule has 0 fully saturated rings. The summed E-state index contributed by atoms with van der Waals surface area (Å²) >= 11 is 0. The summed E-state index contributed by atoms with van der Waals surface area (Å²) in [4.78, 5) is 26.1. The molecular formula is C23H26N2O5. The van der Waals surface area contributed by atoms with Crippen LogP contribution in [0, 0.1) is 5.92 Å². The van der Waals surface area contributed by atoms with Crippen molar-refractivity contribution in [1.82, 2.24) is 4.57 Å². The molecule has 0 aliphatic heterocycles. The summed E-state index contributed by atoms with van der Waals surface area (Å²) < 4.78 is 18.1. The number of aryl methyl sites for hydroxylation is 1. The maximum atomic E-state index is 13.5. The number of amides is 1. The molecule has 30 heavy (non-hydrogen) atoms. The average molecular weight is 410 g/mol. The lowest BCUT2D eigenvalue weighted by molar-refractivity contribution is -0.118. The highest BCUT2D eigenvalue weighted by atomic mass is 16.5. The summed E-state index contributed by atoms with van der Waals surface area (Å²) in [6.45, 7) is 3.60. The quantitative estimate of drug-likeness (QED) is 0.668. The van der Waals surface area contributed by atoms with Crippen LogP contribution in [0.3, 0.4) is 0 Å². The van der Waals surface area contributed by atoms with Crippen molar-refractivity contribution in [2.45, 2.75) is 13.8 Å². The number of methoxy groups -OCH3 is 3. The van der Waals surface area contributed by atoms with Crippen LogP contribution in [0.4, 0.5) is 5.82 Å². The Morgan fingerprint density at radius 3 is 2.13 bits per heavy atom. The van der Waals surface area contributed by atoms with Crippen molar-refractivity contribution in [2.75, 3.05) is 26.6 Å². The van der Waals surface area contributed by atoms with E-state index in [1.165, 1.54) is 21.3 Å². The van der Waals surface area contributed by atoms with Gasteiger partial charge in [0, 0.05) is 18.4 Å². The number of para-hydroxylation sites is 1. The molecule has 1 heterocycles. The van der Waals surface area contributed by atoms with E-state index in [-0.39, 0.29) is 17.3 Å². The fraction of sp³-hybridized carbons (Fsp3) is 0.304. The Hall–Kier alpha value is -3.48. The van der Waals surface area contributed by atoms with Crippen molar-refractivity contribution in [3.63, 3.8) is 0 Å². The monoisotopic (exact) mass is 410 g/mol. The first-order valence-corrected chi connectivity index (χ1v) is 9.57. The standard InChI is InChI=1S/C23H26N2O5/c1-13(2)23(27)24-22-19(20(26)15-9-7-8-10-16(15)25(22)3)14-11-17(28-4)21(30-6)18(12-14)29-5/h7-13H,1-6H3,(H,24,27). The molecule has 0 radical (unpaired) electrons. The summed E-state index contributed by atoms with van der Waals surface area (Å²) in [7, 11) is 6.37. The number of rotatable bonds is 6. The van der Waals surface area contributed by atoms with Crippen LogP contribution in [-0.4, -0.2) is 31.8 Å². The fourth-order valence-electron chi connectivity index (χ4n) is 3.39. The maximum absolute atomic E-state index is 13.5. The summed E-state index contributed by atoms with van der Waals surface area (Å²) in [5, 5.41) is 3.47. The molecular weight excluding hydrogens is 384 g/mol. The molecule has 7 heteroatoms. The third-order valence-corrected chi connectivity index (χ3v) is 5.03. The number of carbonyl (C=O) groups is 1. The number of benzene rings is 2. The minimum Gasteiger partial charge on any atom is -0.493 e. The van der Waals surface area contributed by atoms with Gasteiger partial charge in [-0.05, 0) is 29.8 Å². The maximum Gasteiger partial charge on any atom is 0.228 e. The molecule has 1 amide bonds. The van der Waals surface area contributed by atoms with Gasteiger partial charge in [-0.25, -0.2) is 0 Å². The van der Waals surface area contributed by atoms with Gasteiger partial charge in [0.25, 0.3) is 0 Å². The van der Waals surface area contributed by atoms with Gasteiger partial charge in [-0.3, -0.25) is 9.59 Å². The Morgan fingerprint density at radius 1 is 1.00 bits per heavy atom. The summed E-state index contributed by atoms with van der Waals surface area (Å²) in [6.07, 6.45) is 0. The second-order valence-corrected chi connectivity index (χ2v) is 7.19. The Kier molecular flexibility index (Phi) is 6.01. The first-order chi connectivity index (χ1) is 14.3. The zero-order valence-electron chi connectivity index (χ0n) is 18.0. The number of fused-ring (bicyclic) bond motifs is 1. The van der Waals surface area contributed by atoms with Gasteiger partial charge >= 0.3 is 0 Å². The van der Waals surface area contributed by atoms with Crippen molar-refractivity contribution in [2.24, 2.45) is 13.0 Å². The molecule has 0 unspecified atom stereocenters. The third-order valence-electron chi connectivity index (χ3n) is 5.03. The lowest BCUT2D eigenvalue weighted by Gasteiger charge is -2.20. The molecule has 3 rings (SSSR count). The number of ether oxygens (including phenoxy) is 3. The van der Waals surface area contributed by atoms with Crippen LogP contribution in [0.1, 0.15) is 13.8 Å². The molecule has 0 atom stereocenters. The zero-order valence-corrected chi connectivity index (χ0v) is 18.0. The van der Waals surface area contributed by atoms with Gasteiger partial charge in [-0.2, -0.15) is 0 Å². The minimum absolute atomic E-state index is 0.186. The van der Waals surface area contributed by atoms with Crippen LogP contribution < -0.4 is 25.0 Å². The minimum atomic E-state index is -0.251. The number of nitrogens with zero attached hydrogens (tertiary/aromatic N) is 1. The van der Waals surface area contributed by atoms with Gasteiger partial charge in [0.15, 0.2) is 16.9 Å². The SMILES string of the molecule is COc1cc(-c2c(NC(=O)C(C)C)n(C)c3ccccc3c2=O)cc(OC)c1OC. The van der Waals surface area contributed by atoms with Crippen LogP contribution in [0.2, 0.25) is 0 Å². The number of aromatic nitrogens is 1. The van der Waals surface area contributed by atoms with E-state index < -0.39 is 0 Å². The molecule has 0 bridgehead atoms. The molecule has 158 valence electrons. The molecule has 0 aliphatic rings. The van der Waals surface area contributed by atoms with Gasteiger partial charge < -0.3 is 24.1 Å². The number of hydrogen-bond acceptors (Lipinski definition) is 5. The Morgan fingerprint density at radius 2 is 1.60 bits per heavy atom. The molecule has 1 N–H and O–H groups in total. The molecule has 3 aromatic rings. The Balaban J connectivity index is 2.41. The van der Waals surface area contributed by atoms with Crippen LogP contribution in [-0.2, 0) is 11.8 Å². The van der Waals surface area contributed by atoms with Crippen molar-refractivity contribution in [3.05, 3.63) is 46.6 Å². The van der Waals surface area contributed by atoms with E-state index in [2.05, 4.69) is 5.32 Å². The number of hydrogen-bond donors (Lipinski definition) is 1. The van der Waals surface area contributed by atoms with Gasteiger partial charge in [0.05, 0.1) is 32.4 Å². The second-order valence-electron chi connectivity index (χ2n) is 7.19.